The van der Waals surface area contributed by atoms with Crippen LogP contribution in [0.25, 0.3) is 0 Å². The number of benzene rings is 1. The van der Waals surface area contributed by atoms with Crippen LogP contribution in [0.2, 0.25) is 0 Å². The number of nitriles is 1. The molecule has 0 unspecified atom stereocenters. The van der Waals surface area contributed by atoms with Crippen LogP contribution in [0.4, 0.5) is 0 Å². The van der Waals surface area contributed by atoms with Gasteiger partial charge in [-0.2, -0.15) is 5.26 Å². The van der Waals surface area contributed by atoms with Crippen LogP contribution >= 0.6 is 0 Å². The van der Waals surface area contributed by atoms with E-state index in [0.29, 0.717) is 24.0 Å². The molecule has 106 valence electrons. The third-order valence-electron chi connectivity index (χ3n) is 3.35. The minimum Gasteiger partial charge on any atom is -0.481 e. The van der Waals surface area contributed by atoms with Crippen LogP contribution in [-0.2, 0) is 20.6 Å². The van der Waals surface area contributed by atoms with Gasteiger partial charge in [0, 0.05) is 6.54 Å². The maximum Gasteiger partial charge on any atom is 0.310 e. The molecule has 0 amide bonds. The first-order valence-corrected chi connectivity index (χ1v) is 7.72. The largest absolute Gasteiger partial charge is 0.481 e. The molecule has 1 saturated carbocycles. The van der Waals surface area contributed by atoms with Gasteiger partial charge in [-0.15, -0.1) is 0 Å². The number of sulfonamides is 1. The number of carboxylic acid groups (broad SMARTS) is 1. The Kier molecular flexibility index (Phi) is 3.79. The Morgan fingerprint density at radius 3 is 2.70 bits per heavy atom. The highest BCUT2D eigenvalue weighted by atomic mass is 32.2. The molecule has 2 N–H and O–H groups in total. The average Bonchev–Trinajstić information content (AvgIpc) is 3.17. The second-order valence-corrected chi connectivity index (χ2v) is 6.78. The second kappa shape index (κ2) is 5.23. The van der Waals surface area contributed by atoms with Crippen LogP contribution < -0.4 is 4.72 Å². The molecule has 0 saturated heterocycles. The Morgan fingerprint density at radius 2 is 2.15 bits per heavy atom. The summed E-state index contributed by atoms with van der Waals surface area (Å²) in [4.78, 5) is 11.0. The van der Waals surface area contributed by atoms with Crippen molar-refractivity contribution in [3.63, 3.8) is 0 Å². The molecule has 2 rings (SSSR count). The molecule has 0 atom stereocenters. The van der Waals surface area contributed by atoms with Gasteiger partial charge in [0.2, 0.25) is 10.0 Å². The number of nitrogens with zero attached hydrogens (tertiary/aromatic N) is 1. The lowest BCUT2D eigenvalue weighted by Gasteiger charge is -2.11. The minimum absolute atomic E-state index is 0.0807. The van der Waals surface area contributed by atoms with Crippen molar-refractivity contribution in [2.45, 2.75) is 18.6 Å². The molecule has 1 fully saturated rings. The van der Waals surface area contributed by atoms with Crippen LogP contribution in [0.3, 0.4) is 0 Å². The summed E-state index contributed by atoms with van der Waals surface area (Å²) < 4.78 is 26.2. The molecule has 1 aromatic rings. The van der Waals surface area contributed by atoms with E-state index in [-0.39, 0.29) is 12.3 Å². The van der Waals surface area contributed by atoms with Gasteiger partial charge in [-0.05, 0) is 30.5 Å². The maximum atomic E-state index is 11.9. The van der Waals surface area contributed by atoms with Crippen molar-refractivity contribution < 1.29 is 18.3 Å². The molecule has 1 aliphatic carbocycles. The monoisotopic (exact) mass is 294 g/mol. The molecule has 1 aromatic carbocycles. The Bertz CT molecular complexity index is 672. The van der Waals surface area contributed by atoms with E-state index in [4.69, 9.17) is 10.4 Å². The Morgan fingerprint density at radius 1 is 1.45 bits per heavy atom. The van der Waals surface area contributed by atoms with Crippen LogP contribution in [0.1, 0.15) is 24.0 Å². The predicted molar refractivity (Wildman–Crippen MR) is 71.1 cm³/mol. The quantitative estimate of drug-likeness (QED) is 0.808. The molecular weight excluding hydrogens is 280 g/mol. The summed E-state index contributed by atoms with van der Waals surface area (Å²) in [6.07, 6.45) is 0.990. The van der Waals surface area contributed by atoms with Crippen LogP contribution in [0.15, 0.2) is 24.3 Å². The molecule has 7 heteroatoms. The molecule has 20 heavy (non-hydrogen) atoms. The third-order valence-corrected chi connectivity index (χ3v) is 4.65. The zero-order valence-corrected chi connectivity index (χ0v) is 11.5. The zero-order chi connectivity index (χ0) is 14.8. The predicted octanol–water partition coefficient (Wildman–Crippen LogP) is 0.842. The number of carbonyl (C=O) groups is 1. The fourth-order valence-corrected chi connectivity index (χ4v) is 3.08. The summed E-state index contributed by atoms with van der Waals surface area (Å²) in [5.74, 6) is -1.23. The van der Waals surface area contributed by atoms with Crippen molar-refractivity contribution in [1.82, 2.24) is 4.72 Å². The highest BCUT2D eigenvalue weighted by Crippen LogP contribution is 2.45. The average molecular weight is 294 g/mol. The first-order valence-electron chi connectivity index (χ1n) is 6.07. The van der Waals surface area contributed by atoms with Gasteiger partial charge >= 0.3 is 5.97 Å². The van der Waals surface area contributed by atoms with E-state index in [1.54, 1.807) is 18.2 Å². The molecule has 0 aliphatic heterocycles. The standard InChI is InChI=1S/C13H14N2O4S/c14-7-10-2-1-3-11(6-10)8-20(18,19)15-9-13(4-5-13)12(16)17/h1-3,6,15H,4-5,8-9H2,(H,16,17). The van der Waals surface area contributed by atoms with E-state index in [1.165, 1.54) is 6.07 Å². The molecule has 0 spiro atoms. The molecule has 0 heterocycles. The van der Waals surface area contributed by atoms with Gasteiger partial charge < -0.3 is 5.11 Å². The molecule has 6 nitrogen and oxygen atoms in total. The number of aliphatic carboxylic acids is 1. The number of nitrogens with one attached hydrogen (secondary N) is 1. The van der Waals surface area contributed by atoms with Crippen molar-refractivity contribution >= 4 is 16.0 Å². The topological polar surface area (TPSA) is 107 Å². The zero-order valence-electron chi connectivity index (χ0n) is 10.7. The minimum atomic E-state index is -3.61. The SMILES string of the molecule is N#Cc1cccc(CS(=O)(=O)NCC2(C(=O)O)CC2)c1. The van der Waals surface area contributed by atoms with Crippen molar-refractivity contribution in [3.05, 3.63) is 35.4 Å². The van der Waals surface area contributed by atoms with Gasteiger partial charge in [-0.1, -0.05) is 12.1 Å². The van der Waals surface area contributed by atoms with E-state index >= 15 is 0 Å². The number of hydrogen-bond acceptors (Lipinski definition) is 4. The summed E-state index contributed by atoms with van der Waals surface area (Å²) in [7, 11) is -3.61. The van der Waals surface area contributed by atoms with E-state index in [1.807, 2.05) is 6.07 Å². The normalized spacial score (nSPS) is 16.4. The Hall–Kier alpha value is -1.91. The first kappa shape index (κ1) is 14.5. The molecule has 0 aromatic heterocycles. The highest BCUT2D eigenvalue weighted by molar-refractivity contribution is 7.88. The number of rotatable bonds is 6. The summed E-state index contributed by atoms with van der Waals surface area (Å²) in [6.45, 7) is -0.0807. The third kappa shape index (κ3) is 3.35. The molecule has 1 aliphatic rings. The summed E-state index contributed by atoms with van der Waals surface area (Å²) in [5.41, 5.74) is -0.0414. The van der Waals surface area contributed by atoms with E-state index in [2.05, 4.69) is 4.72 Å². The Balaban J connectivity index is 2.01. The summed E-state index contributed by atoms with van der Waals surface area (Å²) in [6, 6.07) is 8.26. The lowest BCUT2D eigenvalue weighted by molar-refractivity contribution is -0.143. The van der Waals surface area contributed by atoms with Gasteiger partial charge in [0.15, 0.2) is 0 Å². The van der Waals surface area contributed by atoms with Crippen molar-refractivity contribution in [3.8, 4) is 6.07 Å². The van der Waals surface area contributed by atoms with Gasteiger partial charge in [-0.3, -0.25) is 4.79 Å². The van der Waals surface area contributed by atoms with E-state index in [9.17, 15) is 13.2 Å². The van der Waals surface area contributed by atoms with E-state index < -0.39 is 21.4 Å². The molecule has 0 radical (unpaired) electrons. The Labute approximate surface area is 117 Å². The second-order valence-electron chi connectivity index (χ2n) is 4.98. The van der Waals surface area contributed by atoms with Gasteiger partial charge in [-0.25, -0.2) is 13.1 Å². The van der Waals surface area contributed by atoms with Gasteiger partial charge in [0.05, 0.1) is 22.8 Å². The summed E-state index contributed by atoms with van der Waals surface area (Å²) in [5, 5.41) is 17.7. The number of carboxylic acids is 1. The maximum absolute atomic E-state index is 11.9. The fourth-order valence-electron chi connectivity index (χ4n) is 1.87. The molecule has 0 bridgehead atoms. The van der Waals surface area contributed by atoms with Crippen LogP contribution in [0, 0.1) is 16.7 Å². The lowest BCUT2D eigenvalue weighted by atomic mass is 10.1. The lowest BCUT2D eigenvalue weighted by Crippen LogP contribution is -2.34. The van der Waals surface area contributed by atoms with Crippen molar-refractivity contribution in [2.24, 2.45) is 5.41 Å². The first-order chi connectivity index (χ1) is 9.37. The fraction of sp³-hybridized carbons (Fsp3) is 0.385. The highest BCUT2D eigenvalue weighted by Gasteiger charge is 2.50. The van der Waals surface area contributed by atoms with Gasteiger partial charge in [0.1, 0.15) is 0 Å². The van der Waals surface area contributed by atoms with Crippen molar-refractivity contribution in [2.75, 3.05) is 6.54 Å². The molecular formula is C13H14N2O4S. The number of hydrogen-bond donors (Lipinski definition) is 2. The summed E-state index contributed by atoms with van der Waals surface area (Å²) >= 11 is 0. The van der Waals surface area contributed by atoms with Gasteiger partial charge in [0.25, 0.3) is 0 Å². The van der Waals surface area contributed by atoms with E-state index in [0.717, 1.165) is 0 Å². The smallest absolute Gasteiger partial charge is 0.310 e. The van der Waals surface area contributed by atoms with Crippen LogP contribution in [0.5, 0.6) is 0 Å². The van der Waals surface area contributed by atoms with Crippen molar-refractivity contribution in [1.29, 1.82) is 5.26 Å². The van der Waals surface area contributed by atoms with Crippen LogP contribution in [-0.4, -0.2) is 26.0 Å².